The summed E-state index contributed by atoms with van der Waals surface area (Å²) in [6.07, 6.45) is -0.157. The molecule has 224 valence electrons. The second-order valence-electron chi connectivity index (χ2n) is 9.01. The van der Waals surface area contributed by atoms with Crippen molar-refractivity contribution in [3.63, 3.8) is 0 Å². The predicted octanol–water partition coefficient (Wildman–Crippen LogP) is -0.539. The highest BCUT2D eigenvalue weighted by atomic mass is 32.1. The maximum Gasteiger partial charge on any atom is 0.326 e. The van der Waals surface area contributed by atoms with Crippen molar-refractivity contribution in [1.82, 2.24) is 15.3 Å². The highest BCUT2D eigenvalue weighted by molar-refractivity contribution is 7.80. The minimum Gasteiger partial charge on any atom is -0.481 e. The van der Waals surface area contributed by atoms with Crippen LogP contribution in [0.15, 0.2) is 29.1 Å². The lowest BCUT2D eigenvalue weighted by Crippen LogP contribution is -2.48. The van der Waals surface area contributed by atoms with Crippen LogP contribution in [0.1, 0.15) is 29.6 Å². The quantitative estimate of drug-likeness (QED) is 0.138. The largest absolute Gasteiger partial charge is 0.481 e. The van der Waals surface area contributed by atoms with E-state index in [-0.39, 0.29) is 36.0 Å². The van der Waals surface area contributed by atoms with Crippen molar-refractivity contribution < 1.29 is 34.5 Å². The molecule has 2 unspecified atom stereocenters. The number of fused-ring (bicyclic) bond motifs is 1. The Kier molecular flexibility index (Phi) is 12.2. The number of aromatic nitrogens is 2. The van der Waals surface area contributed by atoms with Crippen molar-refractivity contribution >= 4 is 59.6 Å². The van der Waals surface area contributed by atoms with Crippen molar-refractivity contribution in [2.45, 2.75) is 37.4 Å². The summed E-state index contributed by atoms with van der Waals surface area (Å²) in [5, 5.41) is 34.7. The Morgan fingerprint density at radius 2 is 1.80 bits per heavy atom. The van der Waals surface area contributed by atoms with Gasteiger partial charge >= 0.3 is 17.9 Å². The molecule has 0 spiro atoms. The number of thiol groups is 1. The van der Waals surface area contributed by atoms with Gasteiger partial charge in [-0.05, 0) is 42.9 Å². The number of carbonyl (C=O) groups is 4. The number of carbonyl (C=O) groups excluding carboxylic acids is 1. The molecule has 0 fully saturated rings. The van der Waals surface area contributed by atoms with Crippen LogP contribution in [0.4, 0.5) is 23.1 Å². The van der Waals surface area contributed by atoms with Crippen molar-refractivity contribution in [1.29, 1.82) is 0 Å². The molecule has 0 saturated carbocycles. The molecule has 2 heterocycles. The fourth-order valence-corrected chi connectivity index (χ4v) is 3.96. The first-order valence-corrected chi connectivity index (χ1v) is 13.0. The number of anilines is 4. The highest BCUT2D eigenvalue weighted by Crippen LogP contribution is 2.25. The van der Waals surface area contributed by atoms with Gasteiger partial charge < -0.3 is 47.6 Å². The third kappa shape index (κ3) is 9.87. The normalized spacial score (nSPS) is 15.2. The number of hydrogen-bond acceptors (Lipinski definition) is 12. The van der Waals surface area contributed by atoms with Crippen LogP contribution >= 0.6 is 12.6 Å². The monoisotopic (exact) mass is 594 g/mol. The van der Waals surface area contributed by atoms with Crippen molar-refractivity contribution in [3.8, 4) is 0 Å². The molecule has 2 aromatic rings. The van der Waals surface area contributed by atoms with Gasteiger partial charge in [-0.2, -0.15) is 17.6 Å². The lowest BCUT2D eigenvalue weighted by atomic mass is 10.1. The smallest absolute Gasteiger partial charge is 0.326 e. The number of nitrogen functional groups attached to an aromatic ring is 1. The molecule has 16 nitrogen and oxygen atoms in total. The van der Waals surface area contributed by atoms with E-state index in [1.807, 2.05) is 4.90 Å². The van der Waals surface area contributed by atoms with Gasteiger partial charge in [0.1, 0.15) is 17.8 Å². The zero-order valence-electron chi connectivity index (χ0n) is 22.2. The Hall–Kier alpha value is -4.51. The van der Waals surface area contributed by atoms with Gasteiger partial charge in [0.2, 0.25) is 5.95 Å². The molecule has 0 saturated heterocycles. The summed E-state index contributed by atoms with van der Waals surface area (Å²) in [5.41, 5.74) is 11.7. The van der Waals surface area contributed by atoms with Gasteiger partial charge in [-0.25, -0.2) is 4.79 Å². The second kappa shape index (κ2) is 15.3. The van der Waals surface area contributed by atoms with E-state index in [1.165, 1.54) is 12.1 Å². The molecule has 3 rings (SSSR count). The maximum atomic E-state index is 12.3. The number of nitrogens with one attached hydrogen (secondary N) is 4. The molecule has 1 aliphatic heterocycles. The van der Waals surface area contributed by atoms with Gasteiger partial charge in [0.05, 0.1) is 6.04 Å². The maximum absolute atomic E-state index is 12.3. The summed E-state index contributed by atoms with van der Waals surface area (Å²) in [5.74, 6) is -3.03. The van der Waals surface area contributed by atoms with Gasteiger partial charge in [0, 0.05) is 37.8 Å². The highest BCUT2D eigenvalue weighted by Gasteiger charge is 2.27. The number of amides is 1. The van der Waals surface area contributed by atoms with Crippen LogP contribution in [0.5, 0.6) is 0 Å². The van der Waals surface area contributed by atoms with Gasteiger partial charge in [-0.3, -0.25) is 24.2 Å². The Labute approximate surface area is 239 Å². The van der Waals surface area contributed by atoms with Crippen molar-refractivity contribution in [2.75, 3.05) is 47.2 Å². The molecule has 0 aliphatic carbocycles. The third-order valence-electron chi connectivity index (χ3n) is 6.02. The minimum absolute atomic E-state index is 0.0388. The van der Waals surface area contributed by atoms with E-state index >= 15 is 0 Å². The number of aliphatic carboxylic acids is 3. The molecule has 11 N–H and O–H groups in total. The van der Waals surface area contributed by atoms with E-state index < -0.39 is 35.9 Å². The number of benzene rings is 1. The SMILES string of the molecule is CN1c2c(nc(N)[nH]c2=O)NCC1CNc1ccc(C(=O)NC(CCC(=O)O)C(=O)O)cc1.N[C@@H](CCS)C(=O)O. The molecule has 1 aliphatic rings. The van der Waals surface area contributed by atoms with Crippen LogP contribution in [0.3, 0.4) is 0 Å². The Balaban J connectivity index is 0.000000642. The first-order chi connectivity index (χ1) is 19.3. The Morgan fingerprint density at radius 1 is 1.15 bits per heavy atom. The van der Waals surface area contributed by atoms with E-state index in [4.69, 9.17) is 21.7 Å². The van der Waals surface area contributed by atoms with E-state index in [0.29, 0.717) is 36.8 Å². The van der Waals surface area contributed by atoms with Gasteiger partial charge in [0.25, 0.3) is 11.5 Å². The number of likely N-dealkylation sites (N-methyl/N-ethyl adjacent to an activating group) is 1. The fourth-order valence-electron chi connectivity index (χ4n) is 3.68. The molecular formula is C24H34N8O8S. The molecular weight excluding hydrogens is 560 g/mol. The number of nitrogens with two attached hydrogens (primary N) is 2. The Bertz CT molecular complexity index is 1290. The number of H-pyrrole nitrogens is 1. The molecule has 0 radical (unpaired) electrons. The van der Waals surface area contributed by atoms with Gasteiger partial charge in [-0.1, -0.05) is 0 Å². The van der Waals surface area contributed by atoms with E-state index in [0.717, 1.165) is 5.69 Å². The van der Waals surface area contributed by atoms with E-state index in [2.05, 4.69) is 38.5 Å². The molecule has 1 aromatic carbocycles. The summed E-state index contributed by atoms with van der Waals surface area (Å²) in [6.45, 7) is 1.01. The van der Waals surface area contributed by atoms with Crippen LogP contribution in [-0.2, 0) is 14.4 Å². The van der Waals surface area contributed by atoms with Crippen molar-refractivity contribution in [3.05, 3.63) is 40.2 Å². The van der Waals surface area contributed by atoms with Crippen LogP contribution in [0.2, 0.25) is 0 Å². The zero-order chi connectivity index (χ0) is 30.7. The first kappa shape index (κ1) is 32.7. The van der Waals surface area contributed by atoms with Crippen LogP contribution in [0.25, 0.3) is 0 Å². The third-order valence-corrected chi connectivity index (χ3v) is 6.27. The predicted molar refractivity (Wildman–Crippen MR) is 155 cm³/mol. The number of nitrogens with zero attached hydrogens (tertiary/aromatic N) is 2. The molecule has 1 aromatic heterocycles. The standard InChI is InChI=1S/C20H25N7O6.C4H9NO2S/c1-27-12(9-23-16-15(27)18(31)26-20(21)25-16)8-22-11-4-2-10(3-5-11)17(30)24-13(19(32)33)6-7-14(28)29;5-3(1-2-8)4(6)7/h2-5,12-13,22H,6-9H2,1H3,(H,24,30)(H,28,29)(H,32,33)(H4,21,23,25,26,31);3,8H,1-2,5H2,(H,6,7)/t;3-/m.0/s1. The fraction of sp³-hybridized carbons (Fsp3) is 0.417. The molecule has 3 atom stereocenters. The van der Waals surface area contributed by atoms with Gasteiger partial charge in [-0.15, -0.1) is 0 Å². The van der Waals surface area contributed by atoms with E-state index in [9.17, 15) is 29.1 Å². The van der Waals surface area contributed by atoms with Crippen molar-refractivity contribution in [2.24, 2.45) is 5.73 Å². The van der Waals surface area contributed by atoms with Crippen LogP contribution in [-0.4, -0.2) is 93.1 Å². The molecule has 0 bridgehead atoms. The summed E-state index contributed by atoms with van der Waals surface area (Å²) < 4.78 is 0. The summed E-state index contributed by atoms with van der Waals surface area (Å²) in [7, 11) is 1.79. The van der Waals surface area contributed by atoms with E-state index in [1.54, 1.807) is 19.2 Å². The summed E-state index contributed by atoms with van der Waals surface area (Å²) in [4.78, 5) is 64.8. The average molecular weight is 595 g/mol. The second-order valence-corrected chi connectivity index (χ2v) is 9.45. The first-order valence-electron chi connectivity index (χ1n) is 12.4. The topological polar surface area (TPSA) is 266 Å². The zero-order valence-corrected chi connectivity index (χ0v) is 23.1. The lowest BCUT2D eigenvalue weighted by molar-refractivity contribution is -0.141. The van der Waals surface area contributed by atoms with Crippen LogP contribution < -0.4 is 37.9 Å². The number of hydrogen-bond donors (Lipinski definition) is 10. The molecule has 41 heavy (non-hydrogen) atoms. The van der Waals surface area contributed by atoms with Gasteiger partial charge in [0.15, 0.2) is 5.82 Å². The number of aromatic amines is 1. The summed E-state index contributed by atoms with van der Waals surface area (Å²) >= 11 is 3.81. The number of carboxylic acids is 3. The minimum atomic E-state index is -1.30. The number of carboxylic acid groups (broad SMARTS) is 3. The summed E-state index contributed by atoms with van der Waals surface area (Å²) in [6, 6.07) is 4.29. The van der Waals surface area contributed by atoms with Crippen LogP contribution in [0, 0.1) is 0 Å². The lowest BCUT2D eigenvalue weighted by Gasteiger charge is -2.35. The molecule has 1 amide bonds. The number of rotatable bonds is 12. The average Bonchev–Trinajstić information content (AvgIpc) is 2.90. The Morgan fingerprint density at radius 3 is 2.34 bits per heavy atom. The molecule has 17 heteroatoms.